The Kier molecular flexibility index (Phi) is 5.43. The van der Waals surface area contributed by atoms with Gasteiger partial charge in [-0.1, -0.05) is 30.3 Å². The summed E-state index contributed by atoms with van der Waals surface area (Å²) in [4.78, 5) is 5.14. The maximum Gasteiger partial charge on any atom is 0.190 e. The van der Waals surface area contributed by atoms with Crippen LogP contribution in [0.5, 0.6) is 0 Å². The Bertz CT molecular complexity index is 913. The van der Waals surface area contributed by atoms with Gasteiger partial charge in [0.1, 0.15) is 11.5 Å². The fraction of sp³-hybridized carbons (Fsp3) is 0.250. The van der Waals surface area contributed by atoms with Crippen LogP contribution in [0.25, 0.3) is 0 Å². The quantitative estimate of drug-likeness (QED) is 0.568. The van der Waals surface area contributed by atoms with E-state index in [0.29, 0.717) is 0 Å². The highest BCUT2D eigenvalue weighted by molar-refractivity contribution is 7.07. The number of halogens is 2. The molecular formula is C20H20F2N2S. The minimum atomic E-state index is -0.644. The number of thiazole rings is 1. The Morgan fingerprint density at radius 2 is 1.88 bits per heavy atom. The van der Waals surface area contributed by atoms with Crippen molar-refractivity contribution in [2.24, 2.45) is 4.99 Å². The van der Waals surface area contributed by atoms with Gasteiger partial charge in [-0.25, -0.2) is 13.8 Å². The van der Waals surface area contributed by atoms with E-state index in [0.717, 1.165) is 29.4 Å². The molecule has 1 aromatic heterocycles. The summed E-state index contributed by atoms with van der Waals surface area (Å²) in [6.07, 6.45) is 1.93. The lowest BCUT2D eigenvalue weighted by Gasteiger charge is -2.16. The first kappa shape index (κ1) is 17.5. The molecule has 0 N–H and O–H groups in total. The van der Waals surface area contributed by atoms with Crippen molar-refractivity contribution in [3.63, 3.8) is 0 Å². The molecule has 1 unspecified atom stereocenters. The smallest absolute Gasteiger partial charge is 0.190 e. The molecule has 0 bridgehead atoms. The SMILES string of the molecule is Cc1csc(=Nc2ccc(F)cc2F)n1C(C)CCc1ccccc1. The van der Waals surface area contributed by atoms with E-state index in [9.17, 15) is 8.78 Å². The maximum absolute atomic E-state index is 13.9. The van der Waals surface area contributed by atoms with Crippen molar-refractivity contribution >= 4 is 17.0 Å². The zero-order valence-corrected chi connectivity index (χ0v) is 15.1. The molecule has 0 fully saturated rings. The highest BCUT2D eigenvalue weighted by atomic mass is 32.1. The van der Waals surface area contributed by atoms with Crippen LogP contribution in [0.3, 0.4) is 0 Å². The second kappa shape index (κ2) is 7.74. The molecule has 0 aliphatic heterocycles. The van der Waals surface area contributed by atoms with Crippen LogP contribution >= 0.6 is 11.3 Å². The largest absolute Gasteiger partial charge is 0.318 e. The fourth-order valence-corrected chi connectivity index (χ4v) is 3.82. The van der Waals surface area contributed by atoms with Crippen LogP contribution in [-0.2, 0) is 6.42 Å². The van der Waals surface area contributed by atoms with Gasteiger partial charge in [0.25, 0.3) is 0 Å². The second-order valence-electron chi connectivity index (χ2n) is 6.11. The summed E-state index contributed by atoms with van der Waals surface area (Å²) in [5.74, 6) is -1.24. The number of nitrogens with zero attached hydrogens (tertiary/aromatic N) is 2. The normalized spacial score (nSPS) is 13.2. The van der Waals surface area contributed by atoms with E-state index in [-0.39, 0.29) is 11.7 Å². The van der Waals surface area contributed by atoms with Gasteiger partial charge < -0.3 is 4.57 Å². The zero-order valence-electron chi connectivity index (χ0n) is 14.2. The summed E-state index contributed by atoms with van der Waals surface area (Å²) in [5.41, 5.74) is 2.55. The third-order valence-electron chi connectivity index (χ3n) is 4.18. The first-order valence-corrected chi connectivity index (χ1v) is 9.13. The van der Waals surface area contributed by atoms with Crippen LogP contribution in [0.1, 0.15) is 30.6 Å². The summed E-state index contributed by atoms with van der Waals surface area (Å²) < 4.78 is 29.1. The molecule has 130 valence electrons. The molecule has 0 amide bonds. The summed E-state index contributed by atoms with van der Waals surface area (Å²) in [5, 5.41) is 2.01. The van der Waals surface area contributed by atoms with Crippen molar-refractivity contribution in [2.75, 3.05) is 0 Å². The summed E-state index contributed by atoms with van der Waals surface area (Å²) in [7, 11) is 0. The minimum Gasteiger partial charge on any atom is -0.318 e. The van der Waals surface area contributed by atoms with Crippen molar-refractivity contribution < 1.29 is 8.78 Å². The summed E-state index contributed by atoms with van der Waals surface area (Å²) in [6.45, 7) is 4.16. The molecule has 2 nitrogen and oxygen atoms in total. The van der Waals surface area contributed by atoms with Gasteiger partial charge in [-0.05, 0) is 44.4 Å². The second-order valence-corrected chi connectivity index (χ2v) is 6.95. The third kappa shape index (κ3) is 4.23. The molecule has 0 aliphatic rings. The minimum absolute atomic E-state index is 0.159. The van der Waals surface area contributed by atoms with E-state index in [1.807, 2.05) is 30.5 Å². The highest BCUT2D eigenvalue weighted by Gasteiger charge is 2.11. The first-order chi connectivity index (χ1) is 12.0. The van der Waals surface area contributed by atoms with Crippen molar-refractivity contribution in [1.29, 1.82) is 0 Å². The van der Waals surface area contributed by atoms with E-state index >= 15 is 0 Å². The van der Waals surface area contributed by atoms with Gasteiger partial charge in [-0.2, -0.15) is 0 Å². The van der Waals surface area contributed by atoms with Gasteiger partial charge in [0.05, 0.1) is 0 Å². The van der Waals surface area contributed by atoms with Crippen molar-refractivity contribution in [3.8, 4) is 0 Å². The molecule has 0 spiro atoms. The van der Waals surface area contributed by atoms with E-state index in [1.165, 1.54) is 29.0 Å². The standard InChI is InChI=1S/C20H20F2N2S/c1-14(8-9-16-6-4-3-5-7-16)24-15(2)13-25-20(24)23-19-11-10-17(21)12-18(19)22/h3-7,10-14H,8-9H2,1-2H3. The number of hydrogen-bond acceptors (Lipinski definition) is 2. The van der Waals surface area contributed by atoms with Crippen molar-refractivity contribution in [1.82, 2.24) is 4.57 Å². The van der Waals surface area contributed by atoms with E-state index in [4.69, 9.17) is 0 Å². The number of aromatic nitrogens is 1. The molecular weight excluding hydrogens is 338 g/mol. The summed E-state index contributed by atoms with van der Waals surface area (Å²) >= 11 is 1.47. The molecule has 0 saturated heterocycles. The molecule has 25 heavy (non-hydrogen) atoms. The Morgan fingerprint density at radius 1 is 1.12 bits per heavy atom. The van der Waals surface area contributed by atoms with Crippen molar-refractivity contribution in [2.45, 2.75) is 32.7 Å². The number of hydrogen-bond donors (Lipinski definition) is 0. The zero-order chi connectivity index (χ0) is 17.8. The number of rotatable bonds is 5. The average molecular weight is 358 g/mol. The fourth-order valence-electron chi connectivity index (χ4n) is 2.84. The Hall–Kier alpha value is -2.27. The third-order valence-corrected chi connectivity index (χ3v) is 5.14. The van der Waals surface area contributed by atoms with Gasteiger partial charge >= 0.3 is 0 Å². The molecule has 1 heterocycles. The molecule has 1 atom stereocenters. The van der Waals surface area contributed by atoms with E-state index < -0.39 is 11.6 Å². The molecule has 3 rings (SSSR count). The number of benzene rings is 2. The van der Waals surface area contributed by atoms with Gasteiger partial charge in [0.2, 0.25) is 0 Å². The van der Waals surface area contributed by atoms with Crippen LogP contribution in [-0.4, -0.2) is 4.57 Å². The molecule has 0 saturated carbocycles. The lowest BCUT2D eigenvalue weighted by molar-refractivity contribution is 0.486. The topological polar surface area (TPSA) is 17.3 Å². The Balaban J connectivity index is 1.87. The van der Waals surface area contributed by atoms with E-state index in [2.05, 4.69) is 28.6 Å². The molecule has 2 aromatic carbocycles. The first-order valence-electron chi connectivity index (χ1n) is 8.25. The molecule has 0 radical (unpaired) electrons. The lowest BCUT2D eigenvalue weighted by atomic mass is 10.1. The van der Waals surface area contributed by atoms with Gasteiger partial charge in [0.15, 0.2) is 10.6 Å². The van der Waals surface area contributed by atoms with Crippen molar-refractivity contribution in [3.05, 3.63) is 81.6 Å². The maximum atomic E-state index is 13.9. The Morgan fingerprint density at radius 3 is 2.60 bits per heavy atom. The van der Waals surface area contributed by atoms with Crippen LogP contribution in [0.4, 0.5) is 14.5 Å². The van der Waals surface area contributed by atoms with Crippen LogP contribution in [0, 0.1) is 18.6 Å². The average Bonchev–Trinajstić information content (AvgIpc) is 2.97. The monoisotopic (exact) mass is 358 g/mol. The van der Waals surface area contributed by atoms with Crippen LogP contribution in [0.2, 0.25) is 0 Å². The summed E-state index contributed by atoms with van der Waals surface area (Å²) in [6, 6.07) is 14.0. The van der Waals surface area contributed by atoms with Crippen LogP contribution in [0.15, 0.2) is 58.9 Å². The van der Waals surface area contributed by atoms with Gasteiger partial charge in [-0.3, -0.25) is 0 Å². The number of aryl methyl sites for hydroxylation is 2. The van der Waals surface area contributed by atoms with E-state index in [1.54, 1.807) is 0 Å². The van der Waals surface area contributed by atoms with Crippen LogP contribution < -0.4 is 4.80 Å². The predicted octanol–water partition coefficient (Wildman–Crippen LogP) is 5.56. The van der Waals surface area contributed by atoms with Gasteiger partial charge in [-0.15, -0.1) is 11.3 Å². The molecule has 0 aliphatic carbocycles. The lowest BCUT2D eigenvalue weighted by Crippen LogP contribution is -2.20. The molecule has 5 heteroatoms. The van der Waals surface area contributed by atoms with Gasteiger partial charge in [0, 0.05) is 23.2 Å². The Labute approximate surface area is 150 Å². The predicted molar refractivity (Wildman–Crippen MR) is 98.1 cm³/mol. The highest BCUT2D eigenvalue weighted by Crippen LogP contribution is 2.20. The molecule has 3 aromatic rings.